The van der Waals surface area contributed by atoms with Crippen molar-refractivity contribution < 1.29 is 23.9 Å². The molecule has 10 heteroatoms. The van der Waals surface area contributed by atoms with Crippen LogP contribution in [0.1, 0.15) is 83.5 Å². The van der Waals surface area contributed by atoms with Crippen molar-refractivity contribution in [1.82, 2.24) is 20.5 Å². The number of unbranched alkanes of at least 4 members (excludes halogenated alkanes) is 4. The predicted octanol–water partition coefficient (Wildman–Crippen LogP) is 4.15. The zero-order valence-corrected chi connectivity index (χ0v) is 25.3. The summed E-state index contributed by atoms with van der Waals surface area (Å²) in [4.78, 5) is 57.1. The van der Waals surface area contributed by atoms with E-state index in [1.54, 1.807) is 6.08 Å². The van der Waals surface area contributed by atoms with Gasteiger partial charge >= 0.3 is 5.97 Å². The van der Waals surface area contributed by atoms with Crippen molar-refractivity contribution in [2.75, 3.05) is 19.3 Å². The molecule has 0 fully saturated rings. The number of carbonyl (C=O) groups is 4. The number of nitrogens with one attached hydrogen (secondary N) is 2. The summed E-state index contributed by atoms with van der Waals surface area (Å²) in [5.74, 6) is -0.742. The molecule has 0 saturated heterocycles. The van der Waals surface area contributed by atoms with E-state index in [0.717, 1.165) is 18.5 Å². The highest BCUT2D eigenvalue weighted by atomic mass is 32.2. The molecule has 0 aliphatic carbocycles. The Hall–Kier alpha value is -2.72. The average Bonchev–Trinajstić information content (AvgIpc) is 2.89. The molecule has 1 aliphatic heterocycles. The fraction of sp³-hybridized carbons (Fsp3) is 0.633. The molecule has 0 aromatic carbocycles. The van der Waals surface area contributed by atoms with Gasteiger partial charge < -0.3 is 15.4 Å². The van der Waals surface area contributed by atoms with E-state index in [-0.39, 0.29) is 42.4 Å². The second kappa shape index (κ2) is 18.6. The standard InChI is InChI=1S/C30H46N4O5S/c1-5-6-7-8-9-16-28(37)40-17-11-10-15-25-18-26(35)31-19-23-13-12-14-24(32-23)20-34(4)21-27(36)33-29(22(2)3)30(38)39-25/h10,12-15,22,25,29H,5-9,11,16-21H2,1-4H3,(H,31,35)(H,33,36)/b15-10+/t25-,29+/m1/s1. The minimum Gasteiger partial charge on any atom is -0.456 e. The minimum absolute atomic E-state index is 0.0622. The number of fused-ring (bicyclic) bond motifs is 2. The van der Waals surface area contributed by atoms with Crippen LogP contribution in [0.2, 0.25) is 0 Å². The maximum Gasteiger partial charge on any atom is 0.329 e. The Morgan fingerprint density at radius 1 is 1.12 bits per heavy atom. The Morgan fingerprint density at radius 3 is 2.62 bits per heavy atom. The van der Waals surface area contributed by atoms with Crippen molar-refractivity contribution in [2.45, 2.75) is 97.4 Å². The van der Waals surface area contributed by atoms with Crippen molar-refractivity contribution in [2.24, 2.45) is 5.92 Å². The monoisotopic (exact) mass is 574 g/mol. The molecule has 1 aliphatic rings. The predicted molar refractivity (Wildman–Crippen MR) is 158 cm³/mol. The van der Waals surface area contributed by atoms with Gasteiger partial charge in [0.05, 0.1) is 30.9 Å². The summed E-state index contributed by atoms with van der Waals surface area (Å²) < 4.78 is 5.72. The van der Waals surface area contributed by atoms with E-state index < -0.39 is 18.1 Å². The van der Waals surface area contributed by atoms with E-state index >= 15 is 0 Å². The zero-order chi connectivity index (χ0) is 29.3. The van der Waals surface area contributed by atoms with E-state index in [2.05, 4.69) is 22.5 Å². The van der Waals surface area contributed by atoms with E-state index in [4.69, 9.17) is 4.74 Å². The number of ether oxygens (including phenoxy) is 1. The number of pyridine rings is 1. The Morgan fingerprint density at radius 2 is 1.88 bits per heavy atom. The number of likely N-dealkylation sites (N-methyl/N-ethyl adjacent to an activating group) is 1. The van der Waals surface area contributed by atoms with Gasteiger partial charge in [0.25, 0.3) is 0 Å². The van der Waals surface area contributed by atoms with Crippen molar-refractivity contribution >= 4 is 34.7 Å². The lowest BCUT2D eigenvalue weighted by molar-refractivity contribution is -0.153. The molecular weight excluding hydrogens is 528 g/mol. The molecule has 1 aromatic rings. The van der Waals surface area contributed by atoms with Crippen LogP contribution >= 0.6 is 11.8 Å². The number of hydrogen-bond donors (Lipinski definition) is 2. The summed E-state index contributed by atoms with van der Waals surface area (Å²) >= 11 is 1.31. The molecule has 0 radical (unpaired) electrons. The molecule has 2 amide bonds. The number of thioether (sulfide) groups is 1. The van der Waals surface area contributed by atoms with Crippen LogP contribution in [-0.2, 0) is 37.0 Å². The second-order valence-electron chi connectivity index (χ2n) is 10.6. The van der Waals surface area contributed by atoms with Crippen LogP contribution in [0, 0.1) is 5.92 Å². The summed E-state index contributed by atoms with van der Waals surface area (Å²) in [5, 5.41) is 5.85. The quantitative estimate of drug-likeness (QED) is 0.230. The van der Waals surface area contributed by atoms with Crippen LogP contribution < -0.4 is 10.6 Å². The van der Waals surface area contributed by atoms with Crippen molar-refractivity contribution in [3.05, 3.63) is 41.7 Å². The normalized spacial score (nSPS) is 19.9. The smallest absolute Gasteiger partial charge is 0.329 e. The average molecular weight is 575 g/mol. The Kier molecular flexibility index (Phi) is 15.6. The summed E-state index contributed by atoms with van der Waals surface area (Å²) in [6.45, 7) is 6.62. The van der Waals surface area contributed by atoms with E-state index in [1.807, 2.05) is 50.1 Å². The molecule has 2 N–H and O–H groups in total. The molecule has 2 heterocycles. The fourth-order valence-electron chi connectivity index (χ4n) is 4.26. The summed E-state index contributed by atoms with van der Waals surface area (Å²) in [7, 11) is 1.81. The number of amides is 2. The highest BCUT2D eigenvalue weighted by molar-refractivity contribution is 8.13. The van der Waals surface area contributed by atoms with Gasteiger partial charge in [-0.05, 0) is 44.0 Å². The summed E-state index contributed by atoms with van der Waals surface area (Å²) in [6, 6.07) is 4.73. The maximum atomic E-state index is 13.1. The van der Waals surface area contributed by atoms with Gasteiger partial charge in [0, 0.05) is 18.7 Å². The van der Waals surface area contributed by atoms with E-state index in [0.29, 0.717) is 30.8 Å². The van der Waals surface area contributed by atoms with Gasteiger partial charge in [-0.3, -0.25) is 24.3 Å². The molecule has 2 atom stereocenters. The Labute approximate surface area is 243 Å². The number of allylic oxidation sites excluding steroid dienone is 1. The molecule has 222 valence electrons. The van der Waals surface area contributed by atoms with Gasteiger partial charge in [-0.1, -0.05) is 70.4 Å². The van der Waals surface area contributed by atoms with Gasteiger partial charge in [0.1, 0.15) is 12.1 Å². The van der Waals surface area contributed by atoms with Gasteiger partial charge in [0.2, 0.25) is 11.8 Å². The second-order valence-corrected chi connectivity index (χ2v) is 11.8. The largest absolute Gasteiger partial charge is 0.456 e. The molecule has 2 rings (SSSR count). The van der Waals surface area contributed by atoms with Gasteiger partial charge in [0.15, 0.2) is 5.12 Å². The molecule has 40 heavy (non-hydrogen) atoms. The third-order valence-electron chi connectivity index (χ3n) is 6.45. The first-order valence-electron chi connectivity index (χ1n) is 14.4. The lowest BCUT2D eigenvalue weighted by atomic mass is 10.0. The van der Waals surface area contributed by atoms with Gasteiger partial charge in [-0.25, -0.2) is 4.79 Å². The van der Waals surface area contributed by atoms with Crippen LogP contribution in [-0.4, -0.2) is 64.3 Å². The molecule has 0 unspecified atom stereocenters. The maximum absolute atomic E-state index is 13.1. The highest BCUT2D eigenvalue weighted by Crippen LogP contribution is 2.14. The number of nitrogens with zero attached hydrogens (tertiary/aromatic N) is 2. The lowest BCUT2D eigenvalue weighted by Gasteiger charge is -2.25. The fourth-order valence-corrected chi connectivity index (χ4v) is 5.03. The molecule has 2 bridgehead atoms. The SMILES string of the molecule is CCCCCCCC(=O)SCC/C=C/[C@@H]1CC(=O)NCc2cccc(n2)CN(C)CC(=O)N[C@@H](C(C)C)C(=O)O1. The number of esters is 1. The molecule has 1 aromatic heterocycles. The molecular formula is C30H46N4O5S. The van der Waals surface area contributed by atoms with Crippen molar-refractivity contribution in [3.63, 3.8) is 0 Å². The first-order chi connectivity index (χ1) is 19.2. The van der Waals surface area contributed by atoms with E-state index in [9.17, 15) is 19.2 Å². The number of hydrogen-bond acceptors (Lipinski definition) is 8. The van der Waals surface area contributed by atoms with Gasteiger partial charge in [-0.2, -0.15) is 0 Å². The van der Waals surface area contributed by atoms with Crippen LogP contribution in [0.3, 0.4) is 0 Å². The molecule has 0 spiro atoms. The Bertz CT molecular complexity index is 1000. The first-order valence-corrected chi connectivity index (χ1v) is 15.4. The number of rotatable bonds is 11. The third kappa shape index (κ3) is 13.6. The highest BCUT2D eigenvalue weighted by Gasteiger charge is 2.28. The minimum atomic E-state index is -0.847. The number of carbonyl (C=O) groups excluding carboxylic acids is 4. The zero-order valence-electron chi connectivity index (χ0n) is 24.4. The lowest BCUT2D eigenvalue weighted by Crippen LogP contribution is -2.49. The third-order valence-corrected chi connectivity index (χ3v) is 7.42. The van der Waals surface area contributed by atoms with Crippen LogP contribution in [0.25, 0.3) is 0 Å². The van der Waals surface area contributed by atoms with Crippen LogP contribution in [0.4, 0.5) is 0 Å². The molecule has 0 saturated carbocycles. The Balaban J connectivity index is 2.04. The van der Waals surface area contributed by atoms with Crippen molar-refractivity contribution in [3.8, 4) is 0 Å². The topological polar surface area (TPSA) is 118 Å². The van der Waals surface area contributed by atoms with Gasteiger partial charge in [-0.15, -0.1) is 0 Å². The molecule has 9 nitrogen and oxygen atoms in total. The summed E-state index contributed by atoms with van der Waals surface area (Å²) in [6.07, 6.45) is 9.45. The number of cyclic esters (lactones) is 1. The summed E-state index contributed by atoms with van der Waals surface area (Å²) in [5.41, 5.74) is 1.48. The van der Waals surface area contributed by atoms with Crippen molar-refractivity contribution in [1.29, 1.82) is 0 Å². The van der Waals surface area contributed by atoms with Crippen LogP contribution in [0.15, 0.2) is 30.4 Å². The van der Waals surface area contributed by atoms with E-state index in [1.165, 1.54) is 31.0 Å². The number of aromatic nitrogens is 1. The first kappa shape index (κ1) is 33.5. The van der Waals surface area contributed by atoms with Crippen LogP contribution in [0.5, 0.6) is 0 Å².